The van der Waals surface area contributed by atoms with Crippen LogP contribution in [0.1, 0.15) is 31.9 Å². The summed E-state index contributed by atoms with van der Waals surface area (Å²) >= 11 is 0. The molecule has 1 rings (SSSR count). The summed E-state index contributed by atoms with van der Waals surface area (Å²) < 4.78 is 24.8. The Morgan fingerprint density at radius 1 is 1.20 bits per heavy atom. The van der Waals surface area contributed by atoms with Crippen LogP contribution >= 0.6 is 0 Å². The van der Waals surface area contributed by atoms with Crippen LogP contribution in [0.25, 0.3) is 0 Å². The van der Waals surface area contributed by atoms with Crippen molar-refractivity contribution >= 4 is 0 Å². The van der Waals surface area contributed by atoms with Crippen molar-refractivity contribution in [2.75, 3.05) is 19.8 Å². The first-order valence-corrected chi connectivity index (χ1v) is 6.77. The van der Waals surface area contributed by atoms with Crippen molar-refractivity contribution in [2.45, 2.75) is 32.4 Å². The molecular formula is C14H23FN2O3. The smallest absolute Gasteiger partial charge is 0.164 e. The maximum absolute atomic E-state index is 14.1. The van der Waals surface area contributed by atoms with E-state index in [4.69, 9.17) is 20.9 Å². The van der Waals surface area contributed by atoms with Gasteiger partial charge in [-0.15, -0.1) is 0 Å². The summed E-state index contributed by atoms with van der Waals surface area (Å²) in [5, 5.41) is 10.1. The van der Waals surface area contributed by atoms with E-state index in [1.54, 1.807) is 6.92 Å². The zero-order valence-corrected chi connectivity index (χ0v) is 11.9. The third-order valence-corrected chi connectivity index (χ3v) is 2.89. The predicted octanol–water partition coefficient (Wildman–Crippen LogP) is 1.33. The molecule has 0 spiro atoms. The average Bonchev–Trinajstić information content (AvgIpc) is 2.41. The summed E-state index contributed by atoms with van der Waals surface area (Å²) in [6.07, 6.45) is -0.730. The van der Waals surface area contributed by atoms with Gasteiger partial charge in [0, 0.05) is 17.7 Å². The molecule has 114 valence electrons. The number of aliphatic hydroxyl groups is 1. The molecule has 0 aliphatic carbocycles. The third-order valence-electron chi connectivity index (χ3n) is 2.89. The molecule has 0 heterocycles. The molecule has 1 aromatic rings. The maximum Gasteiger partial charge on any atom is 0.164 e. The minimum absolute atomic E-state index is 0.0952. The Hall–Kier alpha value is -1.37. The summed E-state index contributed by atoms with van der Waals surface area (Å²) in [6.45, 7) is 4.75. The second kappa shape index (κ2) is 8.04. The molecule has 0 aromatic heterocycles. The van der Waals surface area contributed by atoms with Gasteiger partial charge in [-0.1, -0.05) is 0 Å². The summed E-state index contributed by atoms with van der Waals surface area (Å²) in [7, 11) is 0. The Morgan fingerprint density at radius 2 is 1.75 bits per heavy atom. The Balaban J connectivity index is 3.10. The number of benzene rings is 1. The molecule has 0 saturated heterocycles. The summed E-state index contributed by atoms with van der Waals surface area (Å²) in [5.74, 6) is 0.136. The van der Waals surface area contributed by atoms with Crippen molar-refractivity contribution < 1.29 is 19.0 Å². The fraction of sp³-hybridized carbons (Fsp3) is 0.571. The van der Waals surface area contributed by atoms with Crippen LogP contribution < -0.4 is 20.9 Å². The van der Waals surface area contributed by atoms with Gasteiger partial charge in [0.1, 0.15) is 5.82 Å². The van der Waals surface area contributed by atoms with Crippen LogP contribution in [0.15, 0.2) is 12.1 Å². The molecule has 0 saturated carbocycles. The second-order valence-corrected chi connectivity index (χ2v) is 4.37. The van der Waals surface area contributed by atoms with E-state index in [1.165, 1.54) is 12.1 Å². The summed E-state index contributed by atoms with van der Waals surface area (Å²) in [4.78, 5) is 0. The first-order valence-electron chi connectivity index (χ1n) is 6.77. The number of hydrogen-bond acceptors (Lipinski definition) is 5. The summed E-state index contributed by atoms with van der Waals surface area (Å²) in [5.41, 5.74) is 11.3. The molecule has 5 N–H and O–H groups in total. The molecule has 0 aliphatic rings. The van der Waals surface area contributed by atoms with Gasteiger partial charge in [-0.25, -0.2) is 4.39 Å². The van der Waals surface area contributed by atoms with E-state index in [0.29, 0.717) is 37.7 Å². The molecule has 0 amide bonds. The van der Waals surface area contributed by atoms with Crippen molar-refractivity contribution in [3.05, 3.63) is 23.5 Å². The molecule has 2 unspecified atom stereocenters. The van der Waals surface area contributed by atoms with Gasteiger partial charge in [-0.05, 0) is 32.9 Å². The van der Waals surface area contributed by atoms with Crippen LogP contribution in [0.5, 0.6) is 11.5 Å². The molecule has 0 bridgehead atoms. The fourth-order valence-corrected chi connectivity index (χ4v) is 1.90. The SMILES string of the molecule is CCOc1cc(F)c(C(O)C(N)CCN)cc1OCC. The van der Waals surface area contributed by atoms with E-state index in [2.05, 4.69) is 0 Å². The average molecular weight is 286 g/mol. The number of nitrogens with two attached hydrogens (primary N) is 2. The van der Waals surface area contributed by atoms with Crippen molar-refractivity contribution in [1.29, 1.82) is 0 Å². The lowest BCUT2D eigenvalue weighted by atomic mass is 9.99. The molecule has 0 aliphatic heterocycles. The van der Waals surface area contributed by atoms with Gasteiger partial charge in [0.25, 0.3) is 0 Å². The third kappa shape index (κ3) is 4.06. The Labute approximate surface area is 118 Å². The molecule has 2 atom stereocenters. The van der Waals surface area contributed by atoms with Gasteiger partial charge in [-0.3, -0.25) is 0 Å². The van der Waals surface area contributed by atoms with E-state index < -0.39 is 18.0 Å². The number of aliphatic hydroxyl groups excluding tert-OH is 1. The first kappa shape index (κ1) is 16.7. The van der Waals surface area contributed by atoms with Gasteiger partial charge >= 0.3 is 0 Å². The Kier molecular flexibility index (Phi) is 6.70. The lowest BCUT2D eigenvalue weighted by Crippen LogP contribution is -2.31. The first-order chi connectivity index (χ1) is 9.54. The van der Waals surface area contributed by atoms with E-state index in [-0.39, 0.29) is 5.56 Å². The molecule has 20 heavy (non-hydrogen) atoms. The van der Waals surface area contributed by atoms with Crippen LogP contribution in [-0.2, 0) is 0 Å². The second-order valence-electron chi connectivity index (χ2n) is 4.37. The van der Waals surface area contributed by atoms with E-state index in [9.17, 15) is 9.50 Å². The van der Waals surface area contributed by atoms with Gasteiger partial charge in [0.15, 0.2) is 11.5 Å². The largest absolute Gasteiger partial charge is 0.490 e. The topological polar surface area (TPSA) is 90.7 Å². The predicted molar refractivity (Wildman–Crippen MR) is 75.3 cm³/mol. The zero-order chi connectivity index (χ0) is 15.1. The highest BCUT2D eigenvalue weighted by atomic mass is 19.1. The number of halogens is 1. The highest BCUT2D eigenvalue weighted by Gasteiger charge is 2.22. The number of hydrogen-bond donors (Lipinski definition) is 3. The normalized spacial score (nSPS) is 13.9. The fourth-order valence-electron chi connectivity index (χ4n) is 1.90. The molecular weight excluding hydrogens is 263 g/mol. The van der Waals surface area contributed by atoms with Crippen LogP contribution in [-0.4, -0.2) is 30.9 Å². The molecule has 0 radical (unpaired) electrons. The molecule has 0 fully saturated rings. The van der Waals surface area contributed by atoms with Crippen LogP contribution in [0.2, 0.25) is 0 Å². The maximum atomic E-state index is 14.1. The lowest BCUT2D eigenvalue weighted by molar-refractivity contribution is 0.138. The lowest BCUT2D eigenvalue weighted by Gasteiger charge is -2.21. The Bertz CT molecular complexity index is 429. The molecule has 1 aromatic carbocycles. The molecule has 5 nitrogen and oxygen atoms in total. The quantitative estimate of drug-likeness (QED) is 0.670. The number of ether oxygens (including phenoxy) is 2. The minimum atomic E-state index is -1.13. The van der Waals surface area contributed by atoms with Crippen molar-refractivity contribution in [3.63, 3.8) is 0 Å². The van der Waals surface area contributed by atoms with Crippen molar-refractivity contribution in [3.8, 4) is 11.5 Å². The van der Waals surface area contributed by atoms with Gasteiger partial charge in [0.05, 0.1) is 19.3 Å². The highest BCUT2D eigenvalue weighted by molar-refractivity contribution is 5.44. The van der Waals surface area contributed by atoms with Crippen molar-refractivity contribution in [2.24, 2.45) is 11.5 Å². The highest BCUT2D eigenvalue weighted by Crippen LogP contribution is 2.34. The monoisotopic (exact) mass is 286 g/mol. The van der Waals surface area contributed by atoms with E-state index >= 15 is 0 Å². The molecule has 6 heteroatoms. The van der Waals surface area contributed by atoms with Crippen molar-refractivity contribution in [1.82, 2.24) is 0 Å². The van der Waals surface area contributed by atoms with Gasteiger partial charge in [0.2, 0.25) is 0 Å². The zero-order valence-electron chi connectivity index (χ0n) is 11.9. The van der Waals surface area contributed by atoms with E-state index in [1.807, 2.05) is 6.92 Å². The number of rotatable bonds is 8. The standard InChI is InChI=1S/C14H23FN2O3/c1-3-19-12-7-9(14(18)11(17)5-6-16)10(15)8-13(12)20-4-2/h7-8,11,14,18H,3-6,16-17H2,1-2H3. The van der Waals surface area contributed by atoms with Gasteiger partial charge in [-0.2, -0.15) is 0 Å². The summed E-state index contributed by atoms with van der Waals surface area (Å²) in [6, 6.07) is 2.02. The Morgan fingerprint density at radius 3 is 2.25 bits per heavy atom. The van der Waals surface area contributed by atoms with Crippen LogP contribution in [0.3, 0.4) is 0 Å². The van der Waals surface area contributed by atoms with Crippen LogP contribution in [0.4, 0.5) is 4.39 Å². The van der Waals surface area contributed by atoms with E-state index in [0.717, 1.165) is 0 Å². The minimum Gasteiger partial charge on any atom is -0.490 e. The van der Waals surface area contributed by atoms with Gasteiger partial charge < -0.3 is 26.0 Å². The van der Waals surface area contributed by atoms with Crippen LogP contribution in [0, 0.1) is 5.82 Å².